The maximum atomic E-state index is 12.4. The molecule has 0 spiro atoms. The van der Waals surface area contributed by atoms with E-state index >= 15 is 0 Å². The molecule has 1 atom stereocenters. The van der Waals surface area contributed by atoms with E-state index < -0.39 is 32.5 Å². The van der Waals surface area contributed by atoms with Crippen molar-refractivity contribution in [3.05, 3.63) is 36.5 Å². The molecule has 0 heterocycles. The summed E-state index contributed by atoms with van der Waals surface area (Å²) in [5, 5.41) is 0. The van der Waals surface area contributed by atoms with E-state index in [9.17, 15) is 14.2 Å². The lowest BCUT2D eigenvalue weighted by molar-refractivity contribution is -0.161. The van der Waals surface area contributed by atoms with E-state index in [1.165, 1.54) is 89.9 Å². The summed E-state index contributed by atoms with van der Waals surface area (Å²) < 4.78 is 26.3. The van der Waals surface area contributed by atoms with E-state index in [4.69, 9.17) is 19.3 Å². The van der Waals surface area contributed by atoms with Gasteiger partial charge >= 0.3 is 19.8 Å². The Bertz CT molecular complexity index is 879. The highest BCUT2D eigenvalue weighted by Gasteiger charge is 2.22. The van der Waals surface area contributed by atoms with Crippen molar-refractivity contribution in [2.45, 2.75) is 187 Å². The Kier molecular flexibility index (Phi) is 33.8. The third-order valence-corrected chi connectivity index (χ3v) is 8.65. The molecular formula is C39H71O8P. The van der Waals surface area contributed by atoms with Gasteiger partial charge in [-0.05, 0) is 51.4 Å². The lowest BCUT2D eigenvalue weighted by Gasteiger charge is -2.18. The number of hydrogen-bond donors (Lipinski definition) is 2. The van der Waals surface area contributed by atoms with Crippen molar-refractivity contribution in [1.29, 1.82) is 0 Å². The summed E-state index contributed by atoms with van der Waals surface area (Å²) in [5.41, 5.74) is 0. The number of phosphoric ester groups is 1. The quantitative estimate of drug-likeness (QED) is 0.0290. The Morgan fingerprint density at radius 1 is 0.542 bits per heavy atom. The van der Waals surface area contributed by atoms with Crippen molar-refractivity contribution in [2.24, 2.45) is 0 Å². The van der Waals surface area contributed by atoms with Crippen molar-refractivity contribution < 1.29 is 37.9 Å². The molecule has 0 aromatic heterocycles. The fraction of sp³-hybridized carbons (Fsp3) is 0.795. The average molecular weight is 699 g/mol. The average Bonchev–Trinajstić information content (AvgIpc) is 3.05. The van der Waals surface area contributed by atoms with Gasteiger partial charge in [-0.1, -0.05) is 153 Å². The van der Waals surface area contributed by atoms with Crippen LogP contribution in [0.5, 0.6) is 0 Å². The summed E-state index contributed by atoms with van der Waals surface area (Å²) in [7, 11) is -4.76. The van der Waals surface area contributed by atoms with Crippen LogP contribution in [-0.4, -0.2) is 41.0 Å². The molecule has 0 aliphatic carbocycles. The van der Waals surface area contributed by atoms with Crippen LogP contribution in [0.25, 0.3) is 0 Å². The highest BCUT2D eigenvalue weighted by molar-refractivity contribution is 7.46. The summed E-state index contributed by atoms with van der Waals surface area (Å²) in [6, 6.07) is 0. The van der Waals surface area contributed by atoms with Crippen molar-refractivity contribution in [3.8, 4) is 0 Å². The zero-order valence-corrected chi connectivity index (χ0v) is 31.5. The molecule has 2 N–H and O–H groups in total. The highest BCUT2D eigenvalue weighted by atomic mass is 31.2. The van der Waals surface area contributed by atoms with Crippen LogP contribution in [0.4, 0.5) is 0 Å². The monoisotopic (exact) mass is 698 g/mol. The molecule has 0 unspecified atom stereocenters. The minimum absolute atomic E-state index is 0.206. The van der Waals surface area contributed by atoms with Crippen LogP contribution in [0.15, 0.2) is 36.5 Å². The van der Waals surface area contributed by atoms with Gasteiger partial charge in [-0.2, -0.15) is 0 Å². The Morgan fingerprint density at radius 3 is 1.44 bits per heavy atom. The van der Waals surface area contributed by atoms with Crippen LogP contribution < -0.4 is 0 Å². The zero-order chi connectivity index (χ0) is 35.4. The number of allylic oxidation sites excluding steroid dienone is 6. The Labute approximate surface area is 293 Å². The number of esters is 2. The number of unbranched alkanes of at least 4 members (excludes halogenated alkanes) is 19. The molecule has 0 saturated carbocycles. The first-order valence-electron chi connectivity index (χ1n) is 19.3. The Balaban J connectivity index is 4.01. The van der Waals surface area contributed by atoms with Crippen LogP contribution in [0.3, 0.4) is 0 Å². The second-order valence-corrected chi connectivity index (χ2v) is 14.1. The second-order valence-electron chi connectivity index (χ2n) is 12.9. The second kappa shape index (κ2) is 35.1. The van der Waals surface area contributed by atoms with Gasteiger partial charge in [0.2, 0.25) is 0 Å². The molecule has 0 fully saturated rings. The van der Waals surface area contributed by atoms with E-state index in [1.807, 2.05) is 0 Å². The SMILES string of the molecule is CCCCC/C=C\C/C=C\C/C=C\CCCCC(=O)OC[C@H](COP(=O)(O)O)OC(=O)CCCCCCCCCCCCCCCCC. The minimum Gasteiger partial charge on any atom is -0.462 e. The first-order valence-corrected chi connectivity index (χ1v) is 20.8. The van der Waals surface area contributed by atoms with Gasteiger partial charge < -0.3 is 19.3 Å². The van der Waals surface area contributed by atoms with Gasteiger partial charge in [0, 0.05) is 12.8 Å². The summed E-state index contributed by atoms with van der Waals surface area (Å²) in [4.78, 5) is 42.7. The molecule has 0 amide bonds. The first kappa shape index (κ1) is 46.3. The summed E-state index contributed by atoms with van der Waals surface area (Å²) in [6.07, 6.45) is 40.1. The summed E-state index contributed by atoms with van der Waals surface area (Å²) in [5.74, 6) is -0.926. The molecule has 280 valence electrons. The molecule has 0 aliphatic rings. The zero-order valence-electron chi connectivity index (χ0n) is 30.6. The predicted molar refractivity (Wildman–Crippen MR) is 198 cm³/mol. The lowest BCUT2D eigenvalue weighted by atomic mass is 10.0. The molecule has 0 bridgehead atoms. The Morgan fingerprint density at radius 2 is 0.938 bits per heavy atom. The van der Waals surface area contributed by atoms with Gasteiger partial charge in [-0.15, -0.1) is 0 Å². The van der Waals surface area contributed by atoms with Gasteiger partial charge in [0.15, 0.2) is 6.10 Å². The molecule has 0 rings (SSSR count). The fourth-order valence-corrected chi connectivity index (χ4v) is 5.62. The van der Waals surface area contributed by atoms with E-state index in [0.29, 0.717) is 12.8 Å². The van der Waals surface area contributed by atoms with Crippen molar-refractivity contribution in [3.63, 3.8) is 0 Å². The fourth-order valence-electron chi connectivity index (χ4n) is 5.26. The molecule has 8 nitrogen and oxygen atoms in total. The van der Waals surface area contributed by atoms with E-state index in [0.717, 1.165) is 51.4 Å². The maximum Gasteiger partial charge on any atom is 0.469 e. The largest absolute Gasteiger partial charge is 0.469 e. The summed E-state index contributed by atoms with van der Waals surface area (Å²) in [6.45, 7) is 3.62. The molecular weight excluding hydrogens is 627 g/mol. The summed E-state index contributed by atoms with van der Waals surface area (Å²) >= 11 is 0. The van der Waals surface area contributed by atoms with Crippen LogP contribution in [0.2, 0.25) is 0 Å². The van der Waals surface area contributed by atoms with E-state index in [2.05, 4.69) is 54.8 Å². The normalized spacial score (nSPS) is 12.8. The smallest absolute Gasteiger partial charge is 0.462 e. The molecule has 0 saturated heterocycles. The van der Waals surface area contributed by atoms with Gasteiger partial charge in [-0.25, -0.2) is 4.57 Å². The number of phosphoric acid groups is 1. The molecule has 0 aromatic carbocycles. The van der Waals surface area contributed by atoms with Gasteiger partial charge in [0.1, 0.15) is 6.61 Å². The van der Waals surface area contributed by atoms with Crippen LogP contribution >= 0.6 is 7.82 Å². The van der Waals surface area contributed by atoms with Crippen LogP contribution in [-0.2, 0) is 28.2 Å². The molecule has 0 radical (unpaired) electrons. The third kappa shape index (κ3) is 37.1. The van der Waals surface area contributed by atoms with Crippen LogP contribution in [0, 0.1) is 0 Å². The topological polar surface area (TPSA) is 119 Å². The number of ether oxygens (including phenoxy) is 2. The highest BCUT2D eigenvalue weighted by Crippen LogP contribution is 2.36. The molecule has 9 heteroatoms. The van der Waals surface area contributed by atoms with Crippen LogP contribution in [0.1, 0.15) is 181 Å². The first-order chi connectivity index (χ1) is 23.3. The van der Waals surface area contributed by atoms with Gasteiger partial charge in [0.05, 0.1) is 6.61 Å². The number of rotatable bonds is 35. The van der Waals surface area contributed by atoms with Gasteiger partial charge in [-0.3, -0.25) is 14.1 Å². The number of hydrogen-bond acceptors (Lipinski definition) is 6. The Hall–Kier alpha value is -1.73. The van der Waals surface area contributed by atoms with Gasteiger partial charge in [0.25, 0.3) is 0 Å². The molecule has 0 aromatic rings. The number of carbonyl (C=O) groups excluding carboxylic acids is 2. The lowest BCUT2D eigenvalue weighted by Crippen LogP contribution is -2.29. The predicted octanol–water partition coefficient (Wildman–Crippen LogP) is 11.4. The van der Waals surface area contributed by atoms with E-state index in [-0.39, 0.29) is 19.4 Å². The molecule has 0 aliphatic heterocycles. The number of carbonyl (C=O) groups is 2. The van der Waals surface area contributed by atoms with Crippen molar-refractivity contribution in [2.75, 3.05) is 13.2 Å². The van der Waals surface area contributed by atoms with E-state index in [1.54, 1.807) is 0 Å². The van der Waals surface area contributed by atoms with Crippen molar-refractivity contribution >= 4 is 19.8 Å². The standard InChI is InChI=1S/C39H71O8P/c1-3-5-7-9-11-13-15-17-19-21-23-25-27-29-31-33-38(40)45-35-37(36-46-48(42,43)44)47-39(41)34-32-30-28-26-24-22-20-18-16-14-12-10-8-6-4-2/h11,13,17,19,23,25,37H,3-10,12,14-16,18,20-22,24,26-36H2,1-2H3,(H2,42,43,44)/b13-11-,19-17-,25-23-/t37-/m1/s1. The third-order valence-electron chi connectivity index (χ3n) is 8.16. The minimum atomic E-state index is -4.76. The van der Waals surface area contributed by atoms with Crippen molar-refractivity contribution in [1.82, 2.24) is 0 Å². The molecule has 48 heavy (non-hydrogen) atoms. The maximum absolute atomic E-state index is 12.4.